The van der Waals surface area contributed by atoms with Gasteiger partial charge in [0.05, 0.1) is 11.9 Å². The smallest absolute Gasteiger partial charge is 0.243 e. The second-order valence-electron chi connectivity index (χ2n) is 10.8. The summed E-state index contributed by atoms with van der Waals surface area (Å²) < 4.78 is 41.4. The van der Waals surface area contributed by atoms with Crippen LogP contribution in [0, 0.1) is 18.7 Å². The maximum atomic E-state index is 14.8. The van der Waals surface area contributed by atoms with Gasteiger partial charge in [-0.15, -0.1) is 0 Å². The molecular weight excluding hydrogens is 577 g/mol. The molecule has 0 radical (unpaired) electrons. The zero-order valence-corrected chi connectivity index (χ0v) is 26.1. The highest BCUT2D eigenvalue weighted by atomic mass is 35.5. The summed E-state index contributed by atoms with van der Waals surface area (Å²) in [5.74, 6) is -0.991. The first-order chi connectivity index (χ1) is 19.9. The highest BCUT2D eigenvalue weighted by Gasteiger charge is 2.31. The van der Waals surface area contributed by atoms with E-state index < -0.39 is 21.9 Å². The first kappa shape index (κ1) is 33.1. The van der Waals surface area contributed by atoms with Crippen LogP contribution in [0.15, 0.2) is 72.8 Å². The van der Waals surface area contributed by atoms with Crippen LogP contribution >= 0.6 is 11.6 Å². The van der Waals surface area contributed by atoms with Crippen molar-refractivity contribution in [1.29, 1.82) is 0 Å². The van der Waals surface area contributed by atoms with Crippen LogP contribution in [0.25, 0.3) is 0 Å². The number of halogens is 2. The van der Waals surface area contributed by atoms with E-state index in [9.17, 15) is 22.4 Å². The number of nitrogens with one attached hydrogen (secondary N) is 1. The number of nitrogens with zero attached hydrogens (tertiary/aromatic N) is 2. The lowest BCUT2D eigenvalue weighted by molar-refractivity contribution is -0.141. The number of amides is 2. The van der Waals surface area contributed by atoms with Crippen molar-refractivity contribution in [2.24, 2.45) is 5.92 Å². The topological polar surface area (TPSA) is 86.8 Å². The van der Waals surface area contributed by atoms with E-state index >= 15 is 0 Å². The lowest BCUT2D eigenvalue weighted by atomic mass is 10.0. The van der Waals surface area contributed by atoms with E-state index in [1.165, 1.54) is 15.3 Å². The van der Waals surface area contributed by atoms with Crippen molar-refractivity contribution in [1.82, 2.24) is 10.2 Å². The third kappa shape index (κ3) is 9.56. The number of carbonyl (C=O) groups excluding carboxylic acids is 2. The van der Waals surface area contributed by atoms with Gasteiger partial charge in [-0.2, -0.15) is 0 Å². The van der Waals surface area contributed by atoms with Crippen LogP contribution in [0.2, 0.25) is 5.02 Å². The van der Waals surface area contributed by atoms with E-state index in [0.29, 0.717) is 17.3 Å². The minimum Gasteiger partial charge on any atom is -0.354 e. The summed E-state index contributed by atoms with van der Waals surface area (Å²) in [7, 11) is -3.68. The second kappa shape index (κ2) is 15.2. The van der Waals surface area contributed by atoms with Crippen molar-refractivity contribution in [3.05, 3.63) is 100 Å². The SMILES string of the molecule is Cc1ccc(Cl)cc1N(CCCC(=O)N(Cc1ccccc1F)[C@H](Cc1ccccc1)C(=O)NCC(C)C)S(C)(=O)=O. The Hall–Kier alpha value is -3.43. The zero-order chi connectivity index (χ0) is 30.9. The van der Waals surface area contributed by atoms with Gasteiger partial charge in [0.25, 0.3) is 0 Å². The first-order valence-corrected chi connectivity index (χ1v) is 16.2. The van der Waals surface area contributed by atoms with Crippen molar-refractivity contribution in [3.63, 3.8) is 0 Å². The molecule has 3 rings (SSSR count). The van der Waals surface area contributed by atoms with Crippen molar-refractivity contribution in [3.8, 4) is 0 Å². The Morgan fingerprint density at radius 2 is 1.67 bits per heavy atom. The van der Waals surface area contributed by atoms with Crippen LogP contribution in [0.4, 0.5) is 10.1 Å². The van der Waals surface area contributed by atoms with Crippen molar-refractivity contribution in [2.75, 3.05) is 23.7 Å². The Morgan fingerprint density at radius 3 is 2.31 bits per heavy atom. The summed E-state index contributed by atoms with van der Waals surface area (Å²) in [5.41, 5.74) is 2.30. The Kier molecular flexibility index (Phi) is 11.9. The van der Waals surface area contributed by atoms with E-state index in [4.69, 9.17) is 11.6 Å². The lowest BCUT2D eigenvalue weighted by Crippen LogP contribution is -2.51. The van der Waals surface area contributed by atoms with E-state index in [2.05, 4.69) is 5.32 Å². The summed E-state index contributed by atoms with van der Waals surface area (Å²) in [4.78, 5) is 28.8. The van der Waals surface area contributed by atoms with Crippen LogP contribution in [-0.4, -0.2) is 50.5 Å². The maximum Gasteiger partial charge on any atom is 0.243 e. The van der Waals surface area contributed by atoms with E-state index in [-0.39, 0.29) is 55.6 Å². The van der Waals surface area contributed by atoms with Gasteiger partial charge in [0.1, 0.15) is 11.9 Å². The molecule has 0 aromatic heterocycles. The van der Waals surface area contributed by atoms with Crippen LogP contribution in [0.3, 0.4) is 0 Å². The van der Waals surface area contributed by atoms with Gasteiger partial charge in [0.2, 0.25) is 21.8 Å². The molecule has 42 heavy (non-hydrogen) atoms. The molecule has 226 valence electrons. The van der Waals surface area contributed by atoms with Crippen molar-refractivity contribution >= 4 is 39.1 Å². The van der Waals surface area contributed by atoms with Gasteiger partial charge in [-0.25, -0.2) is 12.8 Å². The van der Waals surface area contributed by atoms with Gasteiger partial charge in [-0.3, -0.25) is 13.9 Å². The molecule has 10 heteroatoms. The molecule has 0 spiro atoms. The number of sulfonamides is 1. The first-order valence-electron chi connectivity index (χ1n) is 13.9. The largest absolute Gasteiger partial charge is 0.354 e. The molecule has 0 aliphatic heterocycles. The van der Waals surface area contributed by atoms with Gasteiger partial charge in [-0.1, -0.05) is 80.0 Å². The van der Waals surface area contributed by atoms with Gasteiger partial charge in [0, 0.05) is 43.1 Å². The fourth-order valence-electron chi connectivity index (χ4n) is 4.62. The third-order valence-electron chi connectivity index (χ3n) is 6.85. The van der Waals surface area contributed by atoms with Crippen molar-refractivity contribution < 1.29 is 22.4 Å². The van der Waals surface area contributed by atoms with Gasteiger partial charge in [-0.05, 0) is 48.6 Å². The number of carbonyl (C=O) groups is 2. The van der Waals surface area contributed by atoms with Crippen molar-refractivity contribution in [2.45, 2.75) is 52.6 Å². The highest BCUT2D eigenvalue weighted by molar-refractivity contribution is 7.92. The maximum absolute atomic E-state index is 14.8. The summed E-state index contributed by atoms with van der Waals surface area (Å²) in [6.45, 7) is 6.08. The minimum absolute atomic E-state index is 0.0300. The molecule has 7 nitrogen and oxygen atoms in total. The molecule has 0 saturated heterocycles. The monoisotopic (exact) mass is 615 g/mol. The number of benzene rings is 3. The fraction of sp³-hybridized carbons (Fsp3) is 0.375. The zero-order valence-electron chi connectivity index (χ0n) is 24.5. The molecule has 0 fully saturated rings. The van der Waals surface area contributed by atoms with Gasteiger partial charge >= 0.3 is 0 Å². The molecule has 0 aliphatic carbocycles. The van der Waals surface area contributed by atoms with Crippen LogP contribution in [-0.2, 0) is 32.6 Å². The number of hydrogen-bond donors (Lipinski definition) is 1. The molecule has 3 aromatic carbocycles. The molecule has 1 N–H and O–H groups in total. The molecule has 0 heterocycles. The van der Waals surface area contributed by atoms with Gasteiger partial charge in [0.15, 0.2) is 0 Å². The van der Waals surface area contributed by atoms with Gasteiger partial charge < -0.3 is 10.2 Å². The molecule has 0 unspecified atom stereocenters. The summed E-state index contributed by atoms with van der Waals surface area (Å²) in [5, 5.41) is 3.33. The summed E-state index contributed by atoms with van der Waals surface area (Å²) >= 11 is 6.15. The highest BCUT2D eigenvalue weighted by Crippen LogP contribution is 2.27. The Balaban J connectivity index is 1.91. The van der Waals surface area contributed by atoms with E-state index in [1.807, 2.05) is 44.2 Å². The summed E-state index contributed by atoms with van der Waals surface area (Å²) in [6.07, 6.45) is 1.47. The lowest BCUT2D eigenvalue weighted by Gasteiger charge is -2.32. The average Bonchev–Trinajstić information content (AvgIpc) is 2.94. The average molecular weight is 616 g/mol. The van der Waals surface area contributed by atoms with Crippen LogP contribution in [0.1, 0.15) is 43.4 Å². The predicted octanol–water partition coefficient (Wildman–Crippen LogP) is 5.75. The van der Waals surface area contributed by atoms with Crippen LogP contribution in [0.5, 0.6) is 0 Å². The predicted molar refractivity (Wildman–Crippen MR) is 166 cm³/mol. The standard InChI is InChI=1S/C32H39ClFN3O4S/c1-23(2)21-35-32(39)30(19-25-11-6-5-7-12-25)36(22-26-13-8-9-14-28(26)34)31(38)15-10-18-37(42(4,40)41)29-20-27(33)17-16-24(29)3/h5-9,11-14,16-17,20,23,30H,10,15,18-19,21-22H2,1-4H3,(H,35,39)/t30-/m1/s1. The second-order valence-corrected chi connectivity index (χ2v) is 13.2. The molecule has 0 bridgehead atoms. The molecule has 0 saturated carbocycles. The summed E-state index contributed by atoms with van der Waals surface area (Å²) in [6, 6.07) is 19.6. The molecule has 3 aromatic rings. The normalized spacial score (nSPS) is 12.2. The quantitative estimate of drug-likeness (QED) is 0.250. The Labute approximate surface area is 253 Å². The van der Waals surface area contributed by atoms with Crippen LogP contribution < -0.4 is 9.62 Å². The molecule has 2 amide bonds. The number of anilines is 1. The third-order valence-corrected chi connectivity index (χ3v) is 8.26. The molecule has 0 aliphatic rings. The number of aryl methyl sites for hydroxylation is 1. The van der Waals surface area contributed by atoms with E-state index in [1.54, 1.807) is 43.3 Å². The molecule has 1 atom stereocenters. The number of rotatable bonds is 14. The fourth-order valence-corrected chi connectivity index (χ4v) is 5.80. The number of hydrogen-bond acceptors (Lipinski definition) is 4. The Morgan fingerprint density at radius 1 is 1.00 bits per heavy atom. The minimum atomic E-state index is -3.68. The van der Waals surface area contributed by atoms with E-state index in [0.717, 1.165) is 17.4 Å². The Bertz CT molecular complexity index is 1470. The molecular formula is C32H39ClFN3O4S.